The third-order valence-electron chi connectivity index (χ3n) is 10.8. The fourth-order valence-corrected chi connectivity index (χ4v) is 7.98. The van der Waals surface area contributed by atoms with Gasteiger partial charge in [-0.25, -0.2) is 0 Å². The Morgan fingerprint density at radius 1 is 0.250 bits per heavy atom. The Bertz CT molecular complexity index is 2890. The molecule has 1 aromatic heterocycles. The van der Waals surface area contributed by atoms with Crippen molar-refractivity contribution in [2.24, 2.45) is 0 Å². The molecular formula is C54H38N2. The van der Waals surface area contributed by atoms with Gasteiger partial charge in [-0.3, -0.25) is 0 Å². The van der Waals surface area contributed by atoms with E-state index in [0.717, 1.165) is 22.7 Å². The Balaban J connectivity index is 1.01. The van der Waals surface area contributed by atoms with Crippen molar-refractivity contribution in [3.05, 3.63) is 231 Å². The van der Waals surface area contributed by atoms with Crippen LogP contribution in [-0.2, 0) is 0 Å². The second kappa shape index (κ2) is 14.4. The quantitative estimate of drug-likeness (QED) is 0.152. The van der Waals surface area contributed by atoms with Crippen LogP contribution in [0.1, 0.15) is 0 Å². The maximum absolute atomic E-state index is 2.38. The molecule has 0 aliphatic heterocycles. The first-order chi connectivity index (χ1) is 27.8. The number of hydrogen-bond acceptors (Lipinski definition) is 1. The fourth-order valence-electron chi connectivity index (χ4n) is 7.98. The van der Waals surface area contributed by atoms with Gasteiger partial charge in [0, 0.05) is 33.5 Å². The molecule has 0 aliphatic rings. The summed E-state index contributed by atoms with van der Waals surface area (Å²) in [6.07, 6.45) is 0. The maximum Gasteiger partial charge on any atom is 0.0547 e. The molecule has 0 aliphatic carbocycles. The molecular weight excluding hydrogens is 677 g/mol. The van der Waals surface area contributed by atoms with Crippen LogP contribution in [0.2, 0.25) is 0 Å². The highest BCUT2D eigenvalue weighted by Crippen LogP contribution is 2.39. The lowest BCUT2D eigenvalue weighted by Crippen LogP contribution is -2.09. The number of hydrogen-bond donors (Lipinski definition) is 0. The van der Waals surface area contributed by atoms with Gasteiger partial charge >= 0.3 is 0 Å². The molecule has 10 rings (SSSR count). The third kappa shape index (κ3) is 6.24. The zero-order valence-electron chi connectivity index (χ0n) is 30.8. The summed E-state index contributed by atoms with van der Waals surface area (Å²) in [4.78, 5) is 2.34. The van der Waals surface area contributed by atoms with Gasteiger partial charge < -0.3 is 9.47 Å². The third-order valence-corrected chi connectivity index (χ3v) is 10.8. The number of para-hydroxylation sites is 2. The van der Waals surface area contributed by atoms with E-state index >= 15 is 0 Å². The maximum atomic E-state index is 2.38. The van der Waals surface area contributed by atoms with Crippen LogP contribution in [0, 0.1) is 0 Å². The van der Waals surface area contributed by atoms with E-state index in [1.165, 1.54) is 66.3 Å². The number of benzene rings is 9. The van der Waals surface area contributed by atoms with Gasteiger partial charge in [0.25, 0.3) is 0 Å². The van der Waals surface area contributed by atoms with Crippen LogP contribution in [0.15, 0.2) is 231 Å². The van der Waals surface area contributed by atoms with E-state index in [1.807, 2.05) is 0 Å². The Kier molecular flexibility index (Phi) is 8.55. The van der Waals surface area contributed by atoms with Crippen LogP contribution < -0.4 is 4.90 Å². The number of anilines is 3. The number of nitrogens with zero attached hydrogens (tertiary/aromatic N) is 2. The molecule has 0 atom stereocenters. The largest absolute Gasteiger partial charge is 0.311 e. The normalized spacial score (nSPS) is 11.2. The molecule has 0 saturated heterocycles. The predicted molar refractivity (Wildman–Crippen MR) is 237 cm³/mol. The molecule has 0 amide bonds. The molecule has 2 nitrogen and oxygen atoms in total. The number of aromatic nitrogens is 1. The van der Waals surface area contributed by atoms with Gasteiger partial charge in [-0.1, -0.05) is 170 Å². The molecule has 0 saturated carbocycles. The van der Waals surface area contributed by atoms with Crippen molar-refractivity contribution in [2.45, 2.75) is 0 Å². The van der Waals surface area contributed by atoms with E-state index in [4.69, 9.17) is 0 Å². The Morgan fingerprint density at radius 2 is 0.589 bits per heavy atom. The lowest BCUT2D eigenvalue weighted by molar-refractivity contribution is 1.18. The van der Waals surface area contributed by atoms with Crippen molar-refractivity contribution in [2.75, 3.05) is 4.90 Å². The SMILES string of the molecule is c1ccc(-c2ccc(-c3ccc(N(c4ccc(-c5ccccc5)cc4)c4ccc(-c5ccc6c7ccccc7n(-c7ccccc7)c6c5)cc4)cc3)cc2)cc1. The minimum absolute atomic E-state index is 1.10. The Labute approximate surface area is 327 Å². The summed E-state index contributed by atoms with van der Waals surface area (Å²) in [5.41, 5.74) is 16.5. The minimum atomic E-state index is 1.10. The van der Waals surface area contributed by atoms with Gasteiger partial charge in [-0.2, -0.15) is 0 Å². The Hall–Kier alpha value is -7.42. The molecule has 1 heterocycles. The van der Waals surface area contributed by atoms with Crippen LogP contribution in [0.5, 0.6) is 0 Å². The highest BCUT2D eigenvalue weighted by Gasteiger charge is 2.16. The van der Waals surface area contributed by atoms with E-state index in [-0.39, 0.29) is 0 Å². The second-order valence-corrected chi connectivity index (χ2v) is 14.2. The van der Waals surface area contributed by atoms with Crippen molar-refractivity contribution in [1.82, 2.24) is 4.57 Å². The summed E-state index contributed by atoms with van der Waals surface area (Å²) in [6.45, 7) is 0. The molecule has 0 unspecified atom stereocenters. The van der Waals surface area contributed by atoms with Crippen LogP contribution in [0.4, 0.5) is 17.1 Å². The van der Waals surface area contributed by atoms with Gasteiger partial charge in [-0.15, -0.1) is 0 Å². The topological polar surface area (TPSA) is 8.17 Å². The van der Waals surface area contributed by atoms with E-state index < -0.39 is 0 Å². The first-order valence-electron chi connectivity index (χ1n) is 19.2. The van der Waals surface area contributed by atoms with Gasteiger partial charge in [0.1, 0.15) is 0 Å². The molecule has 10 aromatic rings. The summed E-state index contributed by atoms with van der Waals surface area (Å²) < 4.78 is 2.38. The molecule has 0 radical (unpaired) electrons. The zero-order valence-corrected chi connectivity index (χ0v) is 30.8. The van der Waals surface area contributed by atoms with Crippen molar-refractivity contribution < 1.29 is 0 Å². The van der Waals surface area contributed by atoms with Gasteiger partial charge in [0.05, 0.1) is 11.0 Å². The number of rotatable bonds is 8. The van der Waals surface area contributed by atoms with Gasteiger partial charge in [0.2, 0.25) is 0 Å². The van der Waals surface area contributed by atoms with Crippen LogP contribution >= 0.6 is 0 Å². The van der Waals surface area contributed by atoms with E-state index in [2.05, 4.69) is 240 Å². The predicted octanol–water partition coefficient (Wildman–Crippen LogP) is 14.9. The number of fused-ring (bicyclic) bond motifs is 3. The molecule has 2 heteroatoms. The van der Waals surface area contributed by atoms with Gasteiger partial charge in [-0.05, 0) is 105 Å². The molecule has 56 heavy (non-hydrogen) atoms. The summed E-state index contributed by atoms with van der Waals surface area (Å²) in [6, 6.07) is 82.9. The standard InChI is InChI=1S/C54H38N2/c1-4-12-39(13-5-1)41-20-22-42(23-21-41)44-26-33-49(34-27-44)55(48-31-24-43(25-32-48)40-14-6-2-7-15-40)50-35-28-45(29-36-50)46-30-37-52-51-18-10-11-19-53(51)56(54(52)38-46)47-16-8-3-9-17-47/h1-38H. The first kappa shape index (κ1) is 33.2. The van der Waals surface area contributed by atoms with Crippen molar-refractivity contribution >= 4 is 38.9 Å². The van der Waals surface area contributed by atoms with Crippen LogP contribution in [-0.4, -0.2) is 4.57 Å². The fraction of sp³-hybridized carbons (Fsp3) is 0. The summed E-state index contributed by atoms with van der Waals surface area (Å²) >= 11 is 0. The highest BCUT2D eigenvalue weighted by molar-refractivity contribution is 6.10. The molecule has 9 aromatic carbocycles. The van der Waals surface area contributed by atoms with Gasteiger partial charge in [0.15, 0.2) is 0 Å². The average Bonchev–Trinajstić information content (AvgIpc) is 3.62. The van der Waals surface area contributed by atoms with Crippen molar-refractivity contribution in [3.63, 3.8) is 0 Å². The molecule has 0 N–H and O–H groups in total. The highest BCUT2D eigenvalue weighted by atomic mass is 15.1. The van der Waals surface area contributed by atoms with E-state index in [9.17, 15) is 0 Å². The molecule has 0 spiro atoms. The summed E-state index contributed by atoms with van der Waals surface area (Å²) in [7, 11) is 0. The molecule has 0 bridgehead atoms. The first-order valence-corrected chi connectivity index (χ1v) is 19.2. The van der Waals surface area contributed by atoms with Crippen molar-refractivity contribution in [1.29, 1.82) is 0 Å². The smallest absolute Gasteiger partial charge is 0.0547 e. The molecule has 0 fully saturated rings. The Morgan fingerprint density at radius 3 is 1.07 bits per heavy atom. The minimum Gasteiger partial charge on any atom is -0.311 e. The zero-order chi connectivity index (χ0) is 37.3. The summed E-state index contributed by atoms with van der Waals surface area (Å²) in [5.74, 6) is 0. The van der Waals surface area contributed by atoms with Crippen molar-refractivity contribution in [3.8, 4) is 50.2 Å². The van der Waals surface area contributed by atoms with E-state index in [0.29, 0.717) is 0 Å². The second-order valence-electron chi connectivity index (χ2n) is 14.2. The average molecular weight is 715 g/mol. The monoisotopic (exact) mass is 714 g/mol. The lowest BCUT2D eigenvalue weighted by Gasteiger charge is -2.26. The molecule has 264 valence electrons. The lowest BCUT2D eigenvalue weighted by atomic mass is 10.00. The van der Waals surface area contributed by atoms with E-state index in [1.54, 1.807) is 0 Å². The van der Waals surface area contributed by atoms with Crippen LogP contribution in [0.3, 0.4) is 0 Å². The van der Waals surface area contributed by atoms with Crippen LogP contribution in [0.25, 0.3) is 72.0 Å². The summed E-state index contributed by atoms with van der Waals surface area (Å²) in [5, 5.41) is 2.52.